The van der Waals surface area contributed by atoms with E-state index in [2.05, 4.69) is 11.9 Å². The predicted octanol–water partition coefficient (Wildman–Crippen LogP) is 4.64. The summed E-state index contributed by atoms with van der Waals surface area (Å²) in [7, 11) is 0. The molecule has 2 N–H and O–H groups in total. The summed E-state index contributed by atoms with van der Waals surface area (Å²) in [6.45, 7) is 2.15. The van der Waals surface area contributed by atoms with Crippen LogP contribution in [-0.2, 0) is 14.3 Å². The topological polar surface area (TPSA) is 111 Å². The monoisotopic (exact) mass is 495 g/mol. The Balaban J connectivity index is 1.58. The van der Waals surface area contributed by atoms with Gasteiger partial charge >= 0.3 is 5.69 Å². The average Bonchev–Trinajstić information content (AvgIpc) is 3.17. The molecule has 1 fully saturated rings. The van der Waals surface area contributed by atoms with Crippen molar-refractivity contribution in [3.63, 3.8) is 0 Å². The summed E-state index contributed by atoms with van der Waals surface area (Å²) in [4.78, 5) is 37.9. The minimum atomic E-state index is -1.11. The molecule has 1 aromatic heterocycles. The molecule has 1 aromatic rings. The van der Waals surface area contributed by atoms with Gasteiger partial charge in [-0.1, -0.05) is 84.0 Å². The molecule has 0 amide bonds. The van der Waals surface area contributed by atoms with E-state index in [9.17, 15) is 19.5 Å². The third kappa shape index (κ3) is 10.8. The number of rotatable bonds is 19. The number of carbonyl (C=O) groups excluding carboxylic acids is 1. The summed E-state index contributed by atoms with van der Waals surface area (Å²) in [5.74, 6) is 0.112. The lowest BCUT2D eigenvalue weighted by Crippen LogP contribution is -2.39. The van der Waals surface area contributed by atoms with Crippen molar-refractivity contribution in [1.29, 1.82) is 0 Å². The van der Waals surface area contributed by atoms with E-state index < -0.39 is 35.8 Å². The highest BCUT2D eigenvalue weighted by Gasteiger charge is 2.43. The molecular weight excluding hydrogens is 448 g/mol. The SMILES string of the molecule is [2H]C[C@H]1O[C@@H](n2ccc(=O)[nH]c2=O)[C@H](OCCC(=O)CCCCCCCCCCCCCCC)[C@@H]1O. The van der Waals surface area contributed by atoms with E-state index >= 15 is 0 Å². The second-order valence-corrected chi connectivity index (χ2v) is 9.69. The molecule has 0 radical (unpaired) electrons. The van der Waals surface area contributed by atoms with Crippen molar-refractivity contribution in [2.45, 2.75) is 135 Å². The van der Waals surface area contributed by atoms with Crippen LogP contribution in [0, 0.1) is 0 Å². The maximum atomic E-state index is 12.3. The summed E-state index contributed by atoms with van der Waals surface area (Å²) >= 11 is 0. The van der Waals surface area contributed by atoms with Gasteiger partial charge in [0.25, 0.3) is 5.56 Å². The molecule has 2 heterocycles. The van der Waals surface area contributed by atoms with Crippen molar-refractivity contribution in [2.75, 3.05) is 6.61 Å². The van der Waals surface area contributed by atoms with Gasteiger partial charge in [-0.25, -0.2) is 4.79 Å². The maximum Gasteiger partial charge on any atom is 0.330 e. The first-order valence-electron chi connectivity index (χ1n) is 14.3. The van der Waals surface area contributed by atoms with Crippen molar-refractivity contribution >= 4 is 5.78 Å². The van der Waals surface area contributed by atoms with Gasteiger partial charge in [-0.3, -0.25) is 19.1 Å². The molecule has 0 bridgehead atoms. The number of aliphatic hydroxyl groups is 1. The number of aromatic amines is 1. The fourth-order valence-electron chi connectivity index (χ4n) is 4.52. The average molecular weight is 496 g/mol. The zero-order chi connectivity index (χ0) is 26.2. The van der Waals surface area contributed by atoms with E-state index in [1.54, 1.807) is 0 Å². The van der Waals surface area contributed by atoms with Crippen LogP contribution in [0.5, 0.6) is 0 Å². The fraction of sp³-hybridized carbons (Fsp3) is 0.815. The summed E-state index contributed by atoms with van der Waals surface area (Å²) in [5.41, 5.74) is -1.22. The molecule has 8 nitrogen and oxygen atoms in total. The number of ketones is 1. The first kappa shape index (κ1) is 27.8. The Kier molecular flexibility index (Phi) is 13.4. The van der Waals surface area contributed by atoms with Crippen molar-refractivity contribution in [1.82, 2.24) is 9.55 Å². The number of aromatic nitrogens is 2. The van der Waals surface area contributed by atoms with Gasteiger partial charge in [-0.2, -0.15) is 0 Å². The molecule has 4 atom stereocenters. The zero-order valence-corrected chi connectivity index (χ0v) is 21.4. The standard InChI is InChI=1S/C27H46N2O6/c1-3-4-5-6-7-8-9-10-11-12-13-14-15-16-22(30)18-20-34-25-24(32)21(2)35-26(25)29-19-17-23(31)28-27(29)33/h17,19,21,24-26,32H,3-16,18,20H2,1-2H3,(H,28,31,33)/t21-,24-,25-,26-/m1/s1/i2D. The highest BCUT2D eigenvalue weighted by Crippen LogP contribution is 2.30. The third-order valence-corrected chi connectivity index (χ3v) is 6.69. The van der Waals surface area contributed by atoms with E-state index in [4.69, 9.17) is 10.8 Å². The number of aliphatic hydroxyl groups excluding tert-OH is 1. The number of nitrogens with one attached hydrogen (secondary N) is 1. The quantitative estimate of drug-likeness (QED) is 0.271. The third-order valence-electron chi connectivity index (χ3n) is 6.69. The van der Waals surface area contributed by atoms with Crippen LogP contribution in [0.2, 0.25) is 0 Å². The number of hydrogen-bond donors (Lipinski definition) is 2. The second kappa shape index (κ2) is 16.8. The molecule has 2 rings (SSSR count). The van der Waals surface area contributed by atoms with Crippen LogP contribution in [0.3, 0.4) is 0 Å². The molecule has 0 aromatic carbocycles. The van der Waals surface area contributed by atoms with E-state index in [0.29, 0.717) is 6.42 Å². The molecule has 1 saturated heterocycles. The number of hydrogen-bond acceptors (Lipinski definition) is 6. The molecule has 0 unspecified atom stereocenters. The first-order valence-corrected chi connectivity index (χ1v) is 13.6. The summed E-state index contributed by atoms with van der Waals surface area (Å²) in [6, 6.07) is 1.18. The van der Waals surface area contributed by atoms with Gasteiger partial charge < -0.3 is 14.6 Å². The molecule has 0 saturated carbocycles. The molecule has 0 aliphatic carbocycles. The number of ether oxygens (including phenoxy) is 2. The fourth-order valence-corrected chi connectivity index (χ4v) is 4.52. The van der Waals surface area contributed by atoms with Gasteiger partial charge in [-0.15, -0.1) is 0 Å². The van der Waals surface area contributed by atoms with Gasteiger partial charge in [0.1, 0.15) is 18.0 Å². The Morgan fingerprint density at radius 3 is 2.20 bits per heavy atom. The summed E-state index contributed by atoms with van der Waals surface area (Å²) in [6.07, 6.45) is 14.6. The van der Waals surface area contributed by atoms with Gasteiger partial charge in [-0.05, 0) is 13.3 Å². The molecule has 1 aliphatic rings. The van der Waals surface area contributed by atoms with Crippen molar-refractivity contribution in [3.05, 3.63) is 33.1 Å². The van der Waals surface area contributed by atoms with Crippen molar-refractivity contribution in [3.8, 4) is 0 Å². The number of unbranched alkanes of at least 4 members (excludes halogenated alkanes) is 12. The predicted molar refractivity (Wildman–Crippen MR) is 137 cm³/mol. The normalized spacial score (nSPS) is 22.4. The van der Waals surface area contributed by atoms with Gasteiger partial charge in [0.05, 0.1) is 12.7 Å². The Labute approximate surface area is 210 Å². The van der Waals surface area contributed by atoms with Gasteiger partial charge in [0.2, 0.25) is 0 Å². The summed E-state index contributed by atoms with van der Waals surface area (Å²) < 4.78 is 20.1. The van der Waals surface area contributed by atoms with Gasteiger partial charge in [0, 0.05) is 26.5 Å². The Hall–Kier alpha value is -1.77. The van der Waals surface area contributed by atoms with E-state index in [1.807, 2.05) is 0 Å². The van der Waals surface area contributed by atoms with E-state index in [0.717, 1.165) is 23.8 Å². The lowest BCUT2D eigenvalue weighted by molar-refractivity contribution is -0.122. The van der Waals surface area contributed by atoms with Crippen LogP contribution in [-0.4, -0.2) is 45.4 Å². The van der Waals surface area contributed by atoms with E-state index in [-0.39, 0.29) is 25.7 Å². The number of nitrogens with zero attached hydrogens (tertiary/aromatic N) is 1. The molecule has 0 spiro atoms. The maximum absolute atomic E-state index is 12.3. The van der Waals surface area contributed by atoms with Crippen LogP contribution in [0.1, 0.15) is 118 Å². The van der Waals surface area contributed by atoms with Crippen molar-refractivity contribution in [2.24, 2.45) is 0 Å². The number of H-pyrrole nitrogens is 1. The molecule has 35 heavy (non-hydrogen) atoms. The van der Waals surface area contributed by atoms with Crippen LogP contribution in [0.4, 0.5) is 0 Å². The highest BCUT2D eigenvalue weighted by molar-refractivity contribution is 5.78. The lowest BCUT2D eigenvalue weighted by atomic mass is 10.0. The molecule has 200 valence electrons. The van der Waals surface area contributed by atoms with E-state index in [1.165, 1.54) is 76.5 Å². The van der Waals surface area contributed by atoms with Crippen LogP contribution >= 0.6 is 0 Å². The van der Waals surface area contributed by atoms with Crippen molar-refractivity contribution < 1.29 is 20.7 Å². The minimum absolute atomic E-state index is 0.0989. The van der Waals surface area contributed by atoms with Crippen LogP contribution in [0.15, 0.2) is 21.9 Å². The van der Waals surface area contributed by atoms with Gasteiger partial charge in [0.15, 0.2) is 6.23 Å². The molecule has 1 aliphatic heterocycles. The highest BCUT2D eigenvalue weighted by atomic mass is 16.6. The largest absolute Gasteiger partial charge is 0.388 e. The zero-order valence-electron chi connectivity index (χ0n) is 22.4. The van der Waals surface area contributed by atoms with Crippen LogP contribution < -0.4 is 11.2 Å². The van der Waals surface area contributed by atoms with Crippen LogP contribution in [0.25, 0.3) is 0 Å². The Morgan fingerprint density at radius 2 is 1.63 bits per heavy atom. The second-order valence-electron chi connectivity index (χ2n) is 9.69. The molecular formula is C27H46N2O6. The number of carbonyl (C=O) groups is 1. The first-order chi connectivity index (χ1) is 17.5. The number of Topliss-reactive ketones (excluding diaryl/α,β-unsaturated/α-hetero) is 1. The lowest BCUT2D eigenvalue weighted by Gasteiger charge is -2.22. The Morgan fingerprint density at radius 1 is 1.03 bits per heavy atom. The summed E-state index contributed by atoms with van der Waals surface area (Å²) in [5, 5.41) is 10.5. The minimum Gasteiger partial charge on any atom is -0.388 e. The smallest absolute Gasteiger partial charge is 0.330 e. The Bertz CT molecular complexity index is 857. The molecule has 8 heteroatoms.